The Kier molecular flexibility index (Phi) is 6.10. The van der Waals surface area contributed by atoms with Crippen molar-refractivity contribution in [3.05, 3.63) is 28.8 Å². The van der Waals surface area contributed by atoms with E-state index in [0.29, 0.717) is 0 Å². The number of piperazine rings is 1. The third-order valence-electron chi connectivity index (χ3n) is 3.74. The molecule has 1 aliphatic rings. The summed E-state index contributed by atoms with van der Waals surface area (Å²) < 4.78 is 0. The molecule has 2 rings (SSSR count). The van der Waals surface area contributed by atoms with E-state index < -0.39 is 0 Å². The van der Waals surface area contributed by atoms with Gasteiger partial charge in [0, 0.05) is 50.0 Å². The zero-order valence-electron chi connectivity index (χ0n) is 12.1. The van der Waals surface area contributed by atoms with Gasteiger partial charge < -0.3 is 15.3 Å². The van der Waals surface area contributed by atoms with E-state index in [1.54, 1.807) is 0 Å². The molecule has 1 aliphatic heterocycles. The third kappa shape index (κ3) is 4.09. The van der Waals surface area contributed by atoms with Gasteiger partial charge in [0.2, 0.25) is 0 Å². The lowest BCUT2D eigenvalue weighted by Crippen LogP contribution is -2.47. The number of hydrogen-bond acceptors (Lipinski definition) is 4. The summed E-state index contributed by atoms with van der Waals surface area (Å²) in [5.74, 6) is 0. The largest absolute Gasteiger partial charge is 0.395 e. The van der Waals surface area contributed by atoms with Crippen molar-refractivity contribution in [2.75, 3.05) is 50.8 Å². The number of β-amino-alcohol motifs (C(OH)–C–C–N with tert-alkyl or cyclic N) is 1. The van der Waals surface area contributed by atoms with Crippen LogP contribution in [0.4, 0.5) is 5.69 Å². The summed E-state index contributed by atoms with van der Waals surface area (Å²) in [6.45, 7) is 8.94. The molecule has 112 valence electrons. The first kappa shape index (κ1) is 15.6. The molecule has 0 aromatic heterocycles. The van der Waals surface area contributed by atoms with E-state index in [9.17, 15) is 0 Å². The van der Waals surface area contributed by atoms with Crippen LogP contribution in [-0.4, -0.2) is 55.9 Å². The second-order valence-electron chi connectivity index (χ2n) is 5.11. The Bertz CT molecular complexity index is 420. The monoisotopic (exact) mass is 297 g/mol. The Morgan fingerprint density at radius 3 is 2.65 bits per heavy atom. The van der Waals surface area contributed by atoms with E-state index in [0.717, 1.165) is 50.8 Å². The molecule has 2 N–H and O–H groups in total. The first-order valence-corrected chi connectivity index (χ1v) is 7.69. The molecule has 1 heterocycles. The van der Waals surface area contributed by atoms with E-state index >= 15 is 0 Å². The number of aliphatic hydroxyl groups is 1. The fourth-order valence-corrected chi connectivity index (χ4v) is 2.81. The van der Waals surface area contributed by atoms with Gasteiger partial charge in [0.15, 0.2) is 0 Å². The van der Waals surface area contributed by atoms with Crippen molar-refractivity contribution in [2.24, 2.45) is 0 Å². The summed E-state index contributed by atoms with van der Waals surface area (Å²) in [5, 5.41) is 13.2. The van der Waals surface area contributed by atoms with Gasteiger partial charge in [0.25, 0.3) is 0 Å². The lowest BCUT2D eigenvalue weighted by Gasteiger charge is -2.36. The second-order valence-corrected chi connectivity index (χ2v) is 5.54. The molecule has 20 heavy (non-hydrogen) atoms. The number of nitrogens with one attached hydrogen (secondary N) is 1. The van der Waals surface area contributed by atoms with E-state index in [-0.39, 0.29) is 6.61 Å². The Balaban J connectivity index is 2.04. The summed E-state index contributed by atoms with van der Waals surface area (Å²) in [7, 11) is 0. The molecule has 1 fully saturated rings. The molecule has 0 aliphatic carbocycles. The average Bonchev–Trinajstić information content (AvgIpc) is 2.47. The normalized spacial score (nSPS) is 16.6. The predicted octanol–water partition coefficient (Wildman–Crippen LogP) is 1.56. The average molecular weight is 298 g/mol. The van der Waals surface area contributed by atoms with Gasteiger partial charge in [0.1, 0.15) is 0 Å². The van der Waals surface area contributed by atoms with E-state index in [2.05, 4.69) is 34.2 Å². The molecule has 0 spiro atoms. The summed E-state index contributed by atoms with van der Waals surface area (Å²) in [6.07, 6.45) is 0. The second kappa shape index (κ2) is 7.84. The molecule has 0 bridgehead atoms. The molecular formula is C15H24ClN3O. The van der Waals surface area contributed by atoms with Crippen LogP contribution in [0, 0.1) is 0 Å². The maximum Gasteiger partial charge on any atom is 0.0558 e. The van der Waals surface area contributed by atoms with Crippen molar-refractivity contribution in [2.45, 2.75) is 13.5 Å². The van der Waals surface area contributed by atoms with Crippen LogP contribution in [0.15, 0.2) is 18.2 Å². The number of rotatable bonds is 6. The zero-order chi connectivity index (χ0) is 14.4. The van der Waals surface area contributed by atoms with Crippen molar-refractivity contribution in [1.29, 1.82) is 0 Å². The first-order chi connectivity index (χ1) is 9.74. The minimum absolute atomic E-state index is 0.243. The number of halogens is 1. The Hall–Kier alpha value is -0.810. The maximum absolute atomic E-state index is 8.99. The van der Waals surface area contributed by atoms with Gasteiger partial charge in [0.05, 0.1) is 6.61 Å². The Morgan fingerprint density at radius 2 is 2.00 bits per heavy atom. The van der Waals surface area contributed by atoms with Crippen LogP contribution in [0.3, 0.4) is 0 Å². The highest BCUT2D eigenvalue weighted by Crippen LogP contribution is 2.25. The molecule has 0 unspecified atom stereocenters. The predicted molar refractivity (Wildman–Crippen MR) is 84.6 cm³/mol. The van der Waals surface area contributed by atoms with Gasteiger partial charge in [-0.3, -0.25) is 4.90 Å². The molecule has 0 amide bonds. The quantitative estimate of drug-likeness (QED) is 0.836. The van der Waals surface area contributed by atoms with Crippen LogP contribution in [0.2, 0.25) is 5.02 Å². The SMILES string of the molecule is CCNCc1cc(Cl)ccc1N1CCN(CCO)CC1. The molecular weight excluding hydrogens is 274 g/mol. The van der Waals surface area contributed by atoms with E-state index in [1.807, 2.05) is 6.07 Å². The van der Waals surface area contributed by atoms with Crippen LogP contribution in [0.25, 0.3) is 0 Å². The van der Waals surface area contributed by atoms with Crippen LogP contribution < -0.4 is 10.2 Å². The minimum atomic E-state index is 0.243. The van der Waals surface area contributed by atoms with Crippen molar-refractivity contribution in [1.82, 2.24) is 10.2 Å². The lowest BCUT2D eigenvalue weighted by atomic mass is 10.1. The van der Waals surface area contributed by atoms with Crippen LogP contribution in [0.1, 0.15) is 12.5 Å². The summed E-state index contributed by atoms with van der Waals surface area (Å²) in [4.78, 5) is 4.72. The molecule has 1 aromatic rings. The van der Waals surface area contributed by atoms with Gasteiger partial charge in [-0.15, -0.1) is 0 Å². The number of aliphatic hydroxyl groups excluding tert-OH is 1. The fourth-order valence-electron chi connectivity index (χ4n) is 2.62. The van der Waals surface area contributed by atoms with Gasteiger partial charge in [-0.1, -0.05) is 18.5 Å². The van der Waals surface area contributed by atoms with Crippen LogP contribution in [0.5, 0.6) is 0 Å². The molecule has 4 nitrogen and oxygen atoms in total. The van der Waals surface area contributed by atoms with Gasteiger partial charge in [-0.25, -0.2) is 0 Å². The smallest absolute Gasteiger partial charge is 0.0558 e. The lowest BCUT2D eigenvalue weighted by molar-refractivity contribution is 0.188. The highest BCUT2D eigenvalue weighted by atomic mass is 35.5. The van der Waals surface area contributed by atoms with Crippen LogP contribution >= 0.6 is 11.6 Å². The van der Waals surface area contributed by atoms with Crippen molar-refractivity contribution in [3.8, 4) is 0 Å². The highest BCUT2D eigenvalue weighted by molar-refractivity contribution is 6.30. The molecule has 1 aromatic carbocycles. The molecule has 1 saturated heterocycles. The van der Waals surface area contributed by atoms with Gasteiger partial charge >= 0.3 is 0 Å². The number of benzene rings is 1. The zero-order valence-corrected chi connectivity index (χ0v) is 12.9. The summed E-state index contributed by atoms with van der Waals surface area (Å²) in [6, 6.07) is 6.14. The van der Waals surface area contributed by atoms with Gasteiger partial charge in [-0.05, 0) is 30.3 Å². The molecule has 0 atom stereocenters. The summed E-state index contributed by atoms with van der Waals surface area (Å²) in [5.41, 5.74) is 2.54. The molecule has 5 heteroatoms. The molecule has 0 saturated carbocycles. The standard InChI is InChI=1S/C15H24ClN3O/c1-2-17-12-13-11-14(16)3-4-15(13)19-7-5-18(6-8-19)9-10-20/h3-4,11,17,20H,2,5-10,12H2,1H3. The van der Waals surface area contributed by atoms with Gasteiger partial charge in [-0.2, -0.15) is 0 Å². The number of anilines is 1. The van der Waals surface area contributed by atoms with Crippen molar-refractivity contribution >= 4 is 17.3 Å². The third-order valence-corrected chi connectivity index (χ3v) is 3.97. The van der Waals surface area contributed by atoms with E-state index in [4.69, 9.17) is 16.7 Å². The van der Waals surface area contributed by atoms with Crippen LogP contribution in [-0.2, 0) is 6.54 Å². The number of hydrogen-bond donors (Lipinski definition) is 2. The Morgan fingerprint density at radius 1 is 1.25 bits per heavy atom. The minimum Gasteiger partial charge on any atom is -0.395 e. The van der Waals surface area contributed by atoms with E-state index in [1.165, 1.54) is 11.3 Å². The molecule has 0 radical (unpaired) electrons. The topological polar surface area (TPSA) is 38.7 Å². The van der Waals surface area contributed by atoms with Crippen molar-refractivity contribution in [3.63, 3.8) is 0 Å². The maximum atomic E-state index is 8.99. The fraction of sp³-hybridized carbons (Fsp3) is 0.600. The summed E-state index contributed by atoms with van der Waals surface area (Å²) >= 11 is 6.12. The number of nitrogens with zero attached hydrogens (tertiary/aromatic N) is 2. The highest BCUT2D eigenvalue weighted by Gasteiger charge is 2.18. The first-order valence-electron chi connectivity index (χ1n) is 7.32. The Labute approximate surface area is 126 Å². The van der Waals surface area contributed by atoms with Crippen molar-refractivity contribution < 1.29 is 5.11 Å².